The summed E-state index contributed by atoms with van der Waals surface area (Å²) in [7, 11) is -2.16. The van der Waals surface area contributed by atoms with E-state index in [1.54, 1.807) is 0 Å². The molecule has 0 saturated heterocycles. The summed E-state index contributed by atoms with van der Waals surface area (Å²) in [6, 6.07) is 3.42. The van der Waals surface area contributed by atoms with Gasteiger partial charge in [0.15, 0.2) is 0 Å². The number of rotatable bonds is 5. The van der Waals surface area contributed by atoms with Crippen molar-refractivity contribution in [3.05, 3.63) is 24.0 Å². The molecule has 0 saturated carbocycles. The van der Waals surface area contributed by atoms with Crippen molar-refractivity contribution in [1.29, 1.82) is 0 Å². The number of halogens is 1. The van der Waals surface area contributed by atoms with Crippen molar-refractivity contribution >= 4 is 15.7 Å². The molecule has 1 aromatic rings. The molecule has 4 nitrogen and oxygen atoms in total. The first kappa shape index (κ1) is 14.9. The molecule has 0 radical (unpaired) electrons. The topological polar surface area (TPSA) is 63.4 Å². The number of nitrogens with two attached hydrogens (primary N) is 1. The van der Waals surface area contributed by atoms with Gasteiger partial charge >= 0.3 is 0 Å². The predicted octanol–water partition coefficient (Wildman–Crippen LogP) is 2.22. The highest BCUT2D eigenvalue weighted by Crippen LogP contribution is 2.21. The van der Waals surface area contributed by atoms with Crippen molar-refractivity contribution < 1.29 is 12.8 Å². The fourth-order valence-corrected chi connectivity index (χ4v) is 3.08. The summed E-state index contributed by atoms with van der Waals surface area (Å²) in [5.74, 6) is -0.715. The van der Waals surface area contributed by atoms with Crippen molar-refractivity contribution in [3.63, 3.8) is 0 Å². The van der Waals surface area contributed by atoms with Crippen LogP contribution in [0.1, 0.15) is 26.7 Å². The lowest BCUT2D eigenvalue weighted by Gasteiger charge is -2.24. The maximum absolute atomic E-state index is 13.3. The Bertz CT molecular complexity index is 517. The Balaban J connectivity index is 3.09. The Morgan fingerprint density at radius 2 is 2.06 bits per heavy atom. The summed E-state index contributed by atoms with van der Waals surface area (Å²) in [5.41, 5.74) is 5.27. The second-order valence-corrected chi connectivity index (χ2v) is 6.34. The van der Waals surface area contributed by atoms with E-state index in [2.05, 4.69) is 0 Å². The molecular weight excluding hydrogens is 255 g/mol. The number of sulfonamides is 1. The molecule has 1 aromatic carbocycles. The molecule has 0 aliphatic carbocycles. The molecule has 1 unspecified atom stereocenters. The van der Waals surface area contributed by atoms with Gasteiger partial charge in [0, 0.05) is 13.1 Å². The molecule has 102 valence electrons. The van der Waals surface area contributed by atoms with Gasteiger partial charge in [-0.1, -0.05) is 13.3 Å². The molecule has 0 amide bonds. The van der Waals surface area contributed by atoms with Gasteiger partial charge in [0.2, 0.25) is 10.0 Å². The van der Waals surface area contributed by atoms with Crippen LogP contribution in [0.5, 0.6) is 0 Å². The Morgan fingerprint density at radius 1 is 1.44 bits per heavy atom. The average Bonchev–Trinajstić information content (AvgIpc) is 2.31. The Hall–Kier alpha value is -1.14. The van der Waals surface area contributed by atoms with Crippen LogP contribution in [-0.4, -0.2) is 25.8 Å². The van der Waals surface area contributed by atoms with Crippen molar-refractivity contribution in [2.45, 2.75) is 37.6 Å². The predicted molar refractivity (Wildman–Crippen MR) is 70.1 cm³/mol. The minimum Gasteiger partial charge on any atom is -0.396 e. The van der Waals surface area contributed by atoms with Crippen LogP contribution < -0.4 is 5.73 Å². The lowest BCUT2D eigenvalue weighted by Crippen LogP contribution is -2.35. The van der Waals surface area contributed by atoms with Gasteiger partial charge in [0.05, 0.1) is 10.6 Å². The Labute approximate surface area is 108 Å². The first-order valence-electron chi connectivity index (χ1n) is 5.83. The van der Waals surface area contributed by atoms with E-state index in [0.29, 0.717) is 0 Å². The van der Waals surface area contributed by atoms with Gasteiger partial charge in [-0.2, -0.15) is 4.31 Å². The zero-order valence-electron chi connectivity index (χ0n) is 10.9. The van der Waals surface area contributed by atoms with Crippen LogP contribution >= 0.6 is 0 Å². The normalized spacial score (nSPS) is 13.8. The first-order chi connectivity index (χ1) is 8.30. The third-order valence-electron chi connectivity index (χ3n) is 2.98. The average molecular weight is 274 g/mol. The van der Waals surface area contributed by atoms with Gasteiger partial charge < -0.3 is 5.73 Å². The zero-order chi connectivity index (χ0) is 13.9. The van der Waals surface area contributed by atoms with Crippen LogP contribution in [0, 0.1) is 5.82 Å². The minimum absolute atomic E-state index is 0.0572. The number of nitrogen functional groups attached to an aromatic ring is 1. The van der Waals surface area contributed by atoms with Gasteiger partial charge in [-0.25, -0.2) is 12.8 Å². The quantitative estimate of drug-likeness (QED) is 0.837. The zero-order valence-corrected chi connectivity index (χ0v) is 11.7. The van der Waals surface area contributed by atoms with Crippen LogP contribution in [0.4, 0.5) is 10.1 Å². The van der Waals surface area contributed by atoms with E-state index in [1.807, 2.05) is 13.8 Å². The summed E-state index contributed by atoms with van der Waals surface area (Å²) in [4.78, 5) is -0.0698. The van der Waals surface area contributed by atoms with Crippen molar-refractivity contribution in [1.82, 2.24) is 4.31 Å². The highest BCUT2D eigenvalue weighted by molar-refractivity contribution is 7.89. The maximum atomic E-state index is 13.3. The molecule has 0 bridgehead atoms. The van der Waals surface area contributed by atoms with Gasteiger partial charge in [-0.3, -0.25) is 0 Å². The number of nitrogens with zero attached hydrogens (tertiary/aromatic N) is 1. The van der Waals surface area contributed by atoms with Crippen molar-refractivity contribution in [2.24, 2.45) is 0 Å². The van der Waals surface area contributed by atoms with E-state index in [-0.39, 0.29) is 16.6 Å². The molecule has 0 heterocycles. The van der Waals surface area contributed by atoms with Crippen molar-refractivity contribution in [2.75, 3.05) is 12.8 Å². The van der Waals surface area contributed by atoms with Crippen molar-refractivity contribution in [3.8, 4) is 0 Å². The fourth-order valence-electron chi connectivity index (χ4n) is 1.67. The summed E-state index contributed by atoms with van der Waals surface area (Å²) in [5, 5.41) is 0. The molecule has 0 aromatic heterocycles. The summed E-state index contributed by atoms with van der Waals surface area (Å²) in [6.07, 6.45) is 1.64. The third kappa shape index (κ3) is 3.00. The van der Waals surface area contributed by atoms with Crippen LogP contribution in [0.15, 0.2) is 23.1 Å². The van der Waals surface area contributed by atoms with Crippen LogP contribution in [0.2, 0.25) is 0 Å². The van der Waals surface area contributed by atoms with Crippen LogP contribution in [0.25, 0.3) is 0 Å². The lowest BCUT2D eigenvalue weighted by atomic mass is 10.2. The van der Waals surface area contributed by atoms with Crippen LogP contribution in [-0.2, 0) is 10.0 Å². The summed E-state index contributed by atoms with van der Waals surface area (Å²) >= 11 is 0. The highest BCUT2D eigenvalue weighted by atomic mass is 32.2. The van der Waals surface area contributed by atoms with Gasteiger partial charge in [0.25, 0.3) is 0 Å². The van der Waals surface area contributed by atoms with E-state index in [4.69, 9.17) is 5.73 Å². The molecule has 6 heteroatoms. The smallest absolute Gasteiger partial charge is 0.243 e. The van der Waals surface area contributed by atoms with Gasteiger partial charge in [-0.15, -0.1) is 0 Å². The van der Waals surface area contributed by atoms with Gasteiger partial charge in [0.1, 0.15) is 5.82 Å². The molecule has 0 fully saturated rings. The molecule has 1 rings (SSSR count). The Kier molecular flexibility index (Phi) is 4.70. The number of hydrogen-bond donors (Lipinski definition) is 1. The molecule has 0 aliphatic rings. The first-order valence-corrected chi connectivity index (χ1v) is 7.27. The minimum atomic E-state index is -3.66. The number of anilines is 1. The highest BCUT2D eigenvalue weighted by Gasteiger charge is 2.25. The number of hydrogen-bond acceptors (Lipinski definition) is 3. The van der Waals surface area contributed by atoms with E-state index in [9.17, 15) is 12.8 Å². The standard InChI is InChI=1S/C12H19FN2O2S/c1-4-5-9(2)15(3)18(16,17)10-6-7-12(14)11(13)8-10/h6-9H,4-5,14H2,1-3H3. The largest absolute Gasteiger partial charge is 0.396 e. The van der Waals surface area contributed by atoms with Gasteiger partial charge in [-0.05, 0) is 31.5 Å². The summed E-state index contributed by atoms with van der Waals surface area (Å²) in [6.45, 7) is 3.81. The van der Waals surface area contributed by atoms with Crippen LogP contribution in [0.3, 0.4) is 0 Å². The second kappa shape index (κ2) is 5.67. The number of benzene rings is 1. The molecule has 2 N–H and O–H groups in total. The molecular formula is C12H19FN2O2S. The van der Waals surface area contributed by atoms with E-state index in [1.165, 1.54) is 23.5 Å². The Morgan fingerprint density at radius 3 is 2.56 bits per heavy atom. The lowest BCUT2D eigenvalue weighted by molar-refractivity contribution is 0.368. The van der Waals surface area contributed by atoms with E-state index >= 15 is 0 Å². The molecule has 18 heavy (non-hydrogen) atoms. The summed E-state index contributed by atoms with van der Waals surface area (Å²) < 4.78 is 39.0. The second-order valence-electron chi connectivity index (χ2n) is 4.34. The van der Waals surface area contributed by atoms with E-state index < -0.39 is 15.8 Å². The molecule has 0 aliphatic heterocycles. The molecule has 0 spiro atoms. The monoisotopic (exact) mass is 274 g/mol. The third-order valence-corrected chi connectivity index (χ3v) is 4.94. The maximum Gasteiger partial charge on any atom is 0.243 e. The molecule has 1 atom stereocenters. The fraction of sp³-hybridized carbons (Fsp3) is 0.500. The van der Waals surface area contributed by atoms with E-state index in [0.717, 1.165) is 18.9 Å². The SMILES string of the molecule is CCCC(C)N(C)S(=O)(=O)c1ccc(N)c(F)c1.